The van der Waals surface area contributed by atoms with Crippen LogP contribution in [0.25, 0.3) is 6.08 Å². The third-order valence-corrected chi connectivity index (χ3v) is 7.19. The number of thioether (sulfide) groups is 1. The smallest absolute Gasteiger partial charge is 0.272 e. The Morgan fingerprint density at radius 2 is 1.55 bits per heavy atom. The summed E-state index contributed by atoms with van der Waals surface area (Å²) < 4.78 is 5.50. The predicted octanol–water partition coefficient (Wildman–Crippen LogP) is 6.84. The lowest BCUT2D eigenvalue weighted by Crippen LogP contribution is -2.30. The van der Waals surface area contributed by atoms with Gasteiger partial charge in [-0.3, -0.25) is 14.4 Å². The maximum Gasteiger partial charge on any atom is 0.272 e. The van der Waals surface area contributed by atoms with E-state index in [0.29, 0.717) is 17.9 Å². The van der Waals surface area contributed by atoms with Gasteiger partial charge in [-0.1, -0.05) is 42.5 Å². The Morgan fingerprint density at radius 1 is 0.833 bits per heavy atom. The van der Waals surface area contributed by atoms with Crippen LogP contribution in [0.15, 0.2) is 108 Å². The summed E-state index contributed by atoms with van der Waals surface area (Å²) in [5.41, 5.74) is 4.71. The van der Waals surface area contributed by atoms with Crippen molar-refractivity contribution < 1.29 is 19.1 Å². The average molecular weight is 580 g/mol. The van der Waals surface area contributed by atoms with Crippen LogP contribution in [-0.4, -0.2) is 30.1 Å². The molecular formula is C34H33N3O4S. The molecule has 0 saturated carbocycles. The fraction of sp³-hybridized carbons (Fsp3) is 0.147. The summed E-state index contributed by atoms with van der Waals surface area (Å²) in [6.07, 6.45) is 1.62. The van der Waals surface area contributed by atoms with Gasteiger partial charge in [-0.15, -0.1) is 11.8 Å². The highest BCUT2D eigenvalue weighted by molar-refractivity contribution is 8.00. The molecule has 0 aliphatic rings. The Morgan fingerprint density at radius 3 is 2.24 bits per heavy atom. The van der Waals surface area contributed by atoms with Crippen molar-refractivity contribution in [2.45, 2.75) is 25.7 Å². The van der Waals surface area contributed by atoms with Gasteiger partial charge in [-0.25, -0.2) is 0 Å². The van der Waals surface area contributed by atoms with Gasteiger partial charge < -0.3 is 20.7 Å². The van der Waals surface area contributed by atoms with Crippen LogP contribution in [0.5, 0.6) is 5.75 Å². The first-order valence-corrected chi connectivity index (χ1v) is 14.5. The second-order valence-electron chi connectivity index (χ2n) is 9.51. The molecule has 0 aromatic heterocycles. The van der Waals surface area contributed by atoms with Crippen LogP contribution in [0.3, 0.4) is 0 Å². The molecule has 0 unspecified atom stereocenters. The topological polar surface area (TPSA) is 96.5 Å². The standard InChI is InChI=1S/C34H33N3O4S/c1-4-41-28-16-12-25(13-17-28)21-31(37-33(39)26-8-6-5-7-9-26)34(40)35-27-14-18-29(19-15-27)42-22-32(38)36-30-20-23(2)10-11-24(30)3/h5-21H,4,22H2,1-3H3,(H,35,40)(H,36,38)(H,37,39)/b31-21-. The Labute approximate surface area is 250 Å². The molecule has 0 saturated heterocycles. The third-order valence-electron chi connectivity index (χ3n) is 6.18. The largest absolute Gasteiger partial charge is 0.494 e. The van der Waals surface area contributed by atoms with Gasteiger partial charge in [-0.05, 0) is 98.1 Å². The minimum atomic E-state index is -0.471. The second kappa shape index (κ2) is 14.7. The van der Waals surface area contributed by atoms with E-state index in [1.807, 2.05) is 81.4 Å². The molecule has 4 aromatic rings. The van der Waals surface area contributed by atoms with Crippen molar-refractivity contribution in [3.63, 3.8) is 0 Å². The normalized spacial score (nSPS) is 11.0. The van der Waals surface area contributed by atoms with Crippen molar-refractivity contribution in [1.82, 2.24) is 5.32 Å². The SMILES string of the molecule is CCOc1ccc(/C=C(\NC(=O)c2ccccc2)C(=O)Nc2ccc(SCC(=O)Nc3cc(C)ccc3C)cc2)cc1. The maximum absolute atomic E-state index is 13.3. The molecule has 8 heteroatoms. The highest BCUT2D eigenvalue weighted by Crippen LogP contribution is 2.22. The molecule has 0 aliphatic heterocycles. The number of aryl methyl sites for hydroxylation is 2. The number of anilines is 2. The zero-order valence-corrected chi connectivity index (χ0v) is 24.6. The van der Waals surface area contributed by atoms with Gasteiger partial charge in [0.15, 0.2) is 0 Å². The number of amides is 3. The number of rotatable bonds is 11. The van der Waals surface area contributed by atoms with Crippen LogP contribution < -0.4 is 20.7 Å². The molecule has 0 bridgehead atoms. The van der Waals surface area contributed by atoms with E-state index in [0.717, 1.165) is 33.0 Å². The quantitative estimate of drug-likeness (QED) is 0.134. The molecule has 0 heterocycles. The first-order chi connectivity index (χ1) is 20.3. The summed E-state index contributed by atoms with van der Waals surface area (Å²) in [4.78, 5) is 39.6. The van der Waals surface area contributed by atoms with Crippen molar-refractivity contribution in [2.75, 3.05) is 23.0 Å². The fourth-order valence-electron chi connectivity index (χ4n) is 3.97. The van der Waals surface area contributed by atoms with Gasteiger partial charge in [0.25, 0.3) is 11.8 Å². The van der Waals surface area contributed by atoms with Crippen LogP contribution in [0, 0.1) is 13.8 Å². The van der Waals surface area contributed by atoms with Crippen molar-refractivity contribution in [1.29, 1.82) is 0 Å². The van der Waals surface area contributed by atoms with Crippen molar-refractivity contribution in [3.05, 3.63) is 125 Å². The Kier molecular flexibility index (Phi) is 10.6. The summed E-state index contributed by atoms with van der Waals surface area (Å²) in [6.45, 7) is 6.40. The van der Waals surface area contributed by atoms with E-state index in [-0.39, 0.29) is 17.4 Å². The molecule has 0 spiro atoms. The van der Waals surface area contributed by atoms with E-state index >= 15 is 0 Å². The van der Waals surface area contributed by atoms with Gasteiger partial charge in [-0.2, -0.15) is 0 Å². The van der Waals surface area contributed by atoms with E-state index in [4.69, 9.17) is 4.74 Å². The summed E-state index contributed by atoms with van der Waals surface area (Å²) in [5.74, 6) is 0.00818. The third kappa shape index (κ3) is 8.84. The molecule has 0 radical (unpaired) electrons. The molecule has 3 N–H and O–H groups in total. The molecule has 42 heavy (non-hydrogen) atoms. The Bertz CT molecular complexity index is 1570. The molecule has 4 aromatic carbocycles. The minimum Gasteiger partial charge on any atom is -0.494 e. The Balaban J connectivity index is 1.41. The molecule has 3 amide bonds. The molecular weight excluding hydrogens is 546 g/mol. The number of carbonyl (C=O) groups excluding carboxylic acids is 3. The van der Waals surface area contributed by atoms with E-state index < -0.39 is 11.8 Å². The number of benzene rings is 4. The lowest BCUT2D eigenvalue weighted by Gasteiger charge is -2.12. The van der Waals surface area contributed by atoms with Gasteiger partial charge in [0.05, 0.1) is 12.4 Å². The molecule has 0 aliphatic carbocycles. The monoisotopic (exact) mass is 579 g/mol. The van der Waals surface area contributed by atoms with E-state index in [1.165, 1.54) is 11.8 Å². The van der Waals surface area contributed by atoms with Gasteiger partial charge in [0, 0.05) is 21.8 Å². The zero-order chi connectivity index (χ0) is 29.9. The van der Waals surface area contributed by atoms with Crippen LogP contribution in [0.2, 0.25) is 0 Å². The summed E-state index contributed by atoms with van der Waals surface area (Å²) in [6, 6.07) is 29.1. The number of ether oxygens (including phenoxy) is 1. The number of hydrogen-bond acceptors (Lipinski definition) is 5. The summed E-state index contributed by atoms with van der Waals surface area (Å²) in [7, 11) is 0. The Hall–Kier alpha value is -4.82. The van der Waals surface area contributed by atoms with Crippen molar-refractivity contribution in [2.24, 2.45) is 0 Å². The van der Waals surface area contributed by atoms with Gasteiger partial charge >= 0.3 is 0 Å². The molecule has 7 nitrogen and oxygen atoms in total. The van der Waals surface area contributed by atoms with Crippen LogP contribution in [-0.2, 0) is 9.59 Å². The van der Waals surface area contributed by atoms with E-state index in [1.54, 1.807) is 42.5 Å². The van der Waals surface area contributed by atoms with Crippen LogP contribution in [0.1, 0.15) is 34.0 Å². The van der Waals surface area contributed by atoms with Crippen LogP contribution in [0.4, 0.5) is 11.4 Å². The molecule has 4 rings (SSSR count). The maximum atomic E-state index is 13.3. The lowest BCUT2D eigenvalue weighted by atomic mass is 10.1. The minimum absolute atomic E-state index is 0.0922. The average Bonchev–Trinajstić information content (AvgIpc) is 3.00. The first-order valence-electron chi connectivity index (χ1n) is 13.5. The fourth-order valence-corrected chi connectivity index (χ4v) is 4.67. The first kappa shape index (κ1) is 30.1. The number of nitrogens with one attached hydrogen (secondary N) is 3. The second-order valence-corrected chi connectivity index (χ2v) is 10.6. The van der Waals surface area contributed by atoms with Crippen molar-refractivity contribution >= 4 is 46.9 Å². The lowest BCUT2D eigenvalue weighted by molar-refractivity contribution is -0.114. The number of hydrogen-bond donors (Lipinski definition) is 3. The molecule has 214 valence electrons. The summed E-state index contributed by atoms with van der Waals surface area (Å²) in [5, 5.41) is 8.56. The zero-order valence-electron chi connectivity index (χ0n) is 23.8. The van der Waals surface area contributed by atoms with Gasteiger partial charge in [0.2, 0.25) is 5.91 Å². The molecule has 0 atom stereocenters. The van der Waals surface area contributed by atoms with E-state index in [9.17, 15) is 14.4 Å². The van der Waals surface area contributed by atoms with Crippen LogP contribution >= 0.6 is 11.8 Å². The van der Waals surface area contributed by atoms with Gasteiger partial charge in [0.1, 0.15) is 11.4 Å². The van der Waals surface area contributed by atoms with E-state index in [2.05, 4.69) is 16.0 Å². The number of carbonyl (C=O) groups is 3. The predicted molar refractivity (Wildman–Crippen MR) is 170 cm³/mol. The summed E-state index contributed by atoms with van der Waals surface area (Å²) >= 11 is 1.40. The highest BCUT2D eigenvalue weighted by atomic mass is 32.2. The molecule has 0 fully saturated rings. The highest BCUT2D eigenvalue weighted by Gasteiger charge is 2.15. The van der Waals surface area contributed by atoms with Crippen molar-refractivity contribution in [3.8, 4) is 5.75 Å².